The van der Waals surface area contributed by atoms with Gasteiger partial charge in [0.1, 0.15) is 18.5 Å². The van der Waals surface area contributed by atoms with Crippen LogP contribution < -0.4 is 5.32 Å². The summed E-state index contributed by atoms with van der Waals surface area (Å²) in [5.41, 5.74) is -0.0565. The second kappa shape index (κ2) is 8.87. The first-order chi connectivity index (χ1) is 13.7. The van der Waals surface area contributed by atoms with Gasteiger partial charge in [0.05, 0.1) is 28.4 Å². The fourth-order valence-corrected chi connectivity index (χ4v) is 2.79. The minimum Gasteiger partial charge on any atom is -0.456 e. The number of pyridine rings is 1. The van der Waals surface area contributed by atoms with Crippen LogP contribution >= 0.6 is 23.2 Å². The van der Waals surface area contributed by atoms with E-state index in [-0.39, 0.29) is 24.0 Å². The molecule has 29 heavy (non-hydrogen) atoms. The number of hydrogen-bond donors (Lipinski definition) is 1. The van der Waals surface area contributed by atoms with E-state index < -0.39 is 23.8 Å². The highest BCUT2D eigenvalue weighted by Crippen LogP contribution is 2.32. The van der Waals surface area contributed by atoms with E-state index in [1.54, 1.807) is 24.3 Å². The van der Waals surface area contributed by atoms with Crippen molar-refractivity contribution in [3.05, 3.63) is 57.7 Å². The van der Waals surface area contributed by atoms with Gasteiger partial charge in [-0.3, -0.25) is 0 Å². The van der Waals surface area contributed by atoms with Crippen molar-refractivity contribution in [2.45, 2.75) is 18.7 Å². The van der Waals surface area contributed by atoms with Crippen molar-refractivity contribution < 1.29 is 27.5 Å². The number of esters is 1. The zero-order valence-electron chi connectivity index (χ0n) is 14.7. The van der Waals surface area contributed by atoms with Crippen molar-refractivity contribution in [3.8, 4) is 0 Å². The number of rotatable bonds is 6. The third-order valence-electron chi connectivity index (χ3n) is 3.91. The third-order valence-corrected chi connectivity index (χ3v) is 4.45. The van der Waals surface area contributed by atoms with Crippen LogP contribution in [0.25, 0.3) is 0 Å². The standard InChI is InChI=1S/C18H14Cl2F3N3O3/c19-12-3-1-10(2-4-12)17(27)28-9-13-6-14(29-26-13)8-25-16-15(20)5-11(7-24-16)18(21,22)23/h1-5,7,14H,6,8-9H2,(H,24,25)/t14-/m1/s1. The molecule has 1 aromatic heterocycles. The Morgan fingerprint density at radius 1 is 1.28 bits per heavy atom. The molecular weight excluding hydrogens is 434 g/mol. The van der Waals surface area contributed by atoms with Crippen molar-refractivity contribution in [2.75, 3.05) is 18.5 Å². The van der Waals surface area contributed by atoms with Gasteiger partial charge >= 0.3 is 12.1 Å². The summed E-state index contributed by atoms with van der Waals surface area (Å²) in [7, 11) is 0. The van der Waals surface area contributed by atoms with Crippen LogP contribution in [0.1, 0.15) is 22.3 Å². The van der Waals surface area contributed by atoms with Gasteiger partial charge in [-0.25, -0.2) is 9.78 Å². The number of nitrogens with one attached hydrogen (secondary N) is 1. The van der Waals surface area contributed by atoms with Crippen molar-refractivity contribution in [3.63, 3.8) is 0 Å². The van der Waals surface area contributed by atoms with Gasteiger partial charge in [-0.15, -0.1) is 0 Å². The molecule has 0 saturated heterocycles. The van der Waals surface area contributed by atoms with Crippen LogP contribution in [0.3, 0.4) is 0 Å². The molecule has 1 N–H and O–H groups in total. The Bertz CT molecular complexity index is 921. The molecule has 0 radical (unpaired) electrons. The van der Waals surface area contributed by atoms with Crippen LogP contribution in [0.15, 0.2) is 41.7 Å². The van der Waals surface area contributed by atoms with E-state index in [2.05, 4.69) is 15.5 Å². The van der Waals surface area contributed by atoms with Crippen LogP contribution in [-0.4, -0.2) is 35.9 Å². The summed E-state index contributed by atoms with van der Waals surface area (Å²) in [6, 6.07) is 7.05. The summed E-state index contributed by atoms with van der Waals surface area (Å²) < 4.78 is 43.1. The van der Waals surface area contributed by atoms with Crippen molar-refractivity contribution in [2.24, 2.45) is 5.16 Å². The van der Waals surface area contributed by atoms with Crippen molar-refractivity contribution in [1.82, 2.24) is 4.98 Å². The quantitative estimate of drug-likeness (QED) is 0.642. The molecule has 3 rings (SSSR count). The molecular formula is C18H14Cl2F3N3O3. The predicted molar refractivity (Wildman–Crippen MR) is 101 cm³/mol. The third kappa shape index (κ3) is 5.74. The average Bonchev–Trinajstić information content (AvgIpc) is 3.13. The molecule has 1 aliphatic rings. The fraction of sp³-hybridized carbons (Fsp3) is 0.278. The maximum absolute atomic E-state index is 12.6. The molecule has 2 heterocycles. The molecule has 0 unspecified atom stereocenters. The zero-order valence-corrected chi connectivity index (χ0v) is 16.2. The number of halogens is 5. The van der Waals surface area contributed by atoms with Gasteiger partial charge in [-0.2, -0.15) is 13.2 Å². The SMILES string of the molecule is O=C(OCC1=NO[C@@H](CNc2ncc(C(F)(F)F)cc2Cl)C1)c1ccc(Cl)cc1. The number of alkyl halides is 3. The Morgan fingerprint density at radius 2 is 2.00 bits per heavy atom. The number of oxime groups is 1. The highest BCUT2D eigenvalue weighted by molar-refractivity contribution is 6.33. The Morgan fingerprint density at radius 3 is 2.66 bits per heavy atom. The molecule has 0 fully saturated rings. The highest BCUT2D eigenvalue weighted by atomic mass is 35.5. The number of aromatic nitrogens is 1. The smallest absolute Gasteiger partial charge is 0.417 e. The molecule has 0 aliphatic carbocycles. The second-order valence-corrected chi connectivity index (χ2v) is 6.95. The Hall–Kier alpha value is -2.52. The van der Waals surface area contributed by atoms with Gasteiger partial charge in [0, 0.05) is 17.6 Å². The Balaban J connectivity index is 1.45. The Labute approximate surface area is 173 Å². The molecule has 1 aromatic carbocycles. The second-order valence-electron chi connectivity index (χ2n) is 6.11. The number of benzene rings is 1. The summed E-state index contributed by atoms with van der Waals surface area (Å²) in [5.74, 6) is -0.419. The fourth-order valence-electron chi connectivity index (χ4n) is 2.43. The van der Waals surface area contributed by atoms with Crippen LogP contribution in [-0.2, 0) is 15.8 Å². The van der Waals surface area contributed by atoms with Crippen LogP contribution in [0.5, 0.6) is 0 Å². The number of carbonyl (C=O) groups is 1. The van der Waals surface area contributed by atoms with Crippen LogP contribution in [0.4, 0.5) is 19.0 Å². The predicted octanol–water partition coefficient (Wildman–Crippen LogP) is 4.82. The zero-order chi connectivity index (χ0) is 21.0. The minimum absolute atomic E-state index is 0.0444. The van der Waals surface area contributed by atoms with Crippen molar-refractivity contribution in [1.29, 1.82) is 0 Å². The average molecular weight is 448 g/mol. The largest absolute Gasteiger partial charge is 0.456 e. The molecule has 154 valence electrons. The summed E-state index contributed by atoms with van der Waals surface area (Å²) in [4.78, 5) is 20.9. The molecule has 0 amide bonds. The maximum Gasteiger partial charge on any atom is 0.417 e. The number of nitrogens with zero attached hydrogens (tertiary/aromatic N) is 2. The lowest BCUT2D eigenvalue weighted by atomic mass is 10.2. The van der Waals surface area contributed by atoms with Gasteiger partial charge in [-0.1, -0.05) is 28.4 Å². The number of hydrogen-bond acceptors (Lipinski definition) is 6. The van der Waals surface area contributed by atoms with Gasteiger partial charge in [0.2, 0.25) is 0 Å². The molecule has 1 atom stereocenters. The van der Waals surface area contributed by atoms with E-state index in [0.29, 0.717) is 28.9 Å². The number of ether oxygens (including phenoxy) is 1. The van der Waals surface area contributed by atoms with E-state index in [0.717, 1.165) is 6.07 Å². The lowest BCUT2D eigenvalue weighted by Crippen LogP contribution is -2.22. The molecule has 0 spiro atoms. The normalized spacial score (nSPS) is 16.2. The van der Waals surface area contributed by atoms with Crippen LogP contribution in [0, 0.1) is 0 Å². The summed E-state index contributed by atoms with van der Waals surface area (Å²) in [6.45, 7) is 0.160. The monoisotopic (exact) mass is 447 g/mol. The van der Waals surface area contributed by atoms with E-state index in [1.807, 2.05) is 0 Å². The first kappa shape index (κ1) is 21.2. The van der Waals surface area contributed by atoms with Gasteiger partial charge < -0.3 is 14.9 Å². The topological polar surface area (TPSA) is 72.8 Å². The van der Waals surface area contributed by atoms with Gasteiger partial charge in [0.15, 0.2) is 0 Å². The first-order valence-electron chi connectivity index (χ1n) is 8.33. The summed E-state index contributed by atoms with van der Waals surface area (Å²) in [6.07, 6.45) is -3.85. The van der Waals surface area contributed by atoms with E-state index in [1.165, 1.54) is 0 Å². The molecule has 0 saturated carbocycles. The Kier molecular flexibility index (Phi) is 6.49. The molecule has 2 aromatic rings. The summed E-state index contributed by atoms with van der Waals surface area (Å²) >= 11 is 11.6. The number of carbonyl (C=O) groups excluding carboxylic acids is 1. The van der Waals surface area contributed by atoms with Gasteiger partial charge in [0.25, 0.3) is 0 Å². The van der Waals surface area contributed by atoms with E-state index in [4.69, 9.17) is 32.8 Å². The van der Waals surface area contributed by atoms with Crippen LogP contribution in [0.2, 0.25) is 10.0 Å². The summed E-state index contributed by atoms with van der Waals surface area (Å²) in [5, 5.41) is 7.03. The number of anilines is 1. The van der Waals surface area contributed by atoms with Crippen molar-refractivity contribution >= 4 is 40.7 Å². The van der Waals surface area contributed by atoms with Gasteiger partial charge in [-0.05, 0) is 30.3 Å². The highest BCUT2D eigenvalue weighted by Gasteiger charge is 2.31. The lowest BCUT2D eigenvalue weighted by molar-refractivity contribution is -0.137. The molecule has 1 aliphatic heterocycles. The maximum atomic E-state index is 12.6. The molecule has 11 heteroatoms. The van der Waals surface area contributed by atoms with E-state index >= 15 is 0 Å². The lowest BCUT2D eigenvalue weighted by Gasteiger charge is -2.13. The van der Waals surface area contributed by atoms with E-state index in [9.17, 15) is 18.0 Å². The molecule has 0 bridgehead atoms. The first-order valence-corrected chi connectivity index (χ1v) is 9.09. The minimum atomic E-state index is -4.52. The molecule has 6 nitrogen and oxygen atoms in total.